The molecule has 2 rings (SSSR count). The minimum Gasteiger partial charge on any atom is -0.294 e. The minimum atomic E-state index is -0.491. The molecule has 0 aliphatic rings. The van der Waals surface area contributed by atoms with Crippen molar-refractivity contribution >= 4 is 27.4 Å². The second-order valence-corrected chi connectivity index (χ2v) is 5.40. The molecule has 0 heterocycles. The van der Waals surface area contributed by atoms with Crippen LogP contribution in [0.3, 0.4) is 0 Å². The van der Waals surface area contributed by atoms with Gasteiger partial charge in [0.2, 0.25) is 0 Å². The van der Waals surface area contributed by atoms with Crippen LogP contribution in [0, 0.1) is 17.0 Å². The van der Waals surface area contributed by atoms with E-state index in [1.54, 1.807) is 13.0 Å². The number of nitro groups is 1. The number of carbonyl (C=O) groups excluding carboxylic acids is 1. The fraction of sp³-hybridized carbons (Fsp3) is 0.133. The highest BCUT2D eigenvalue weighted by Gasteiger charge is 2.15. The number of Topliss-reactive ketones (excluding diaryl/α,β-unsaturated/α-hetero) is 1. The molecule has 102 valence electrons. The maximum Gasteiger partial charge on any atom is 0.270 e. The third kappa shape index (κ3) is 3.30. The van der Waals surface area contributed by atoms with Crippen LogP contribution in [-0.2, 0) is 6.42 Å². The van der Waals surface area contributed by atoms with Crippen molar-refractivity contribution < 1.29 is 9.72 Å². The van der Waals surface area contributed by atoms with Crippen LogP contribution in [-0.4, -0.2) is 10.7 Å². The number of hydrogen-bond acceptors (Lipinski definition) is 3. The Balaban J connectivity index is 2.29. The van der Waals surface area contributed by atoms with Crippen LogP contribution in [0.5, 0.6) is 0 Å². The second kappa shape index (κ2) is 5.96. The molecule has 0 saturated heterocycles. The zero-order chi connectivity index (χ0) is 14.7. The van der Waals surface area contributed by atoms with Crippen LogP contribution in [0.25, 0.3) is 0 Å². The summed E-state index contributed by atoms with van der Waals surface area (Å²) in [4.78, 5) is 22.6. The first-order chi connectivity index (χ1) is 9.47. The van der Waals surface area contributed by atoms with Gasteiger partial charge in [0.15, 0.2) is 5.78 Å². The highest BCUT2D eigenvalue weighted by Crippen LogP contribution is 2.20. The maximum absolute atomic E-state index is 12.3. The van der Waals surface area contributed by atoms with E-state index in [0.717, 1.165) is 15.6 Å². The quantitative estimate of drug-likeness (QED) is 0.481. The second-order valence-electron chi connectivity index (χ2n) is 4.49. The van der Waals surface area contributed by atoms with Gasteiger partial charge in [-0.25, -0.2) is 0 Å². The Morgan fingerprint density at radius 2 is 2.00 bits per heavy atom. The molecule has 0 spiro atoms. The molecular weight excluding hydrogens is 322 g/mol. The lowest BCUT2D eigenvalue weighted by Crippen LogP contribution is -2.06. The summed E-state index contributed by atoms with van der Waals surface area (Å²) in [7, 11) is 0. The Labute approximate surface area is 124 Å². The number of benzene rings is 2. The zero-order valence-corrected chi connectivity index (χ0v) is 12.4. The van der Waals surface area contributed by atoms with Crippen LogP contribution in [0.4, 0.5) is 5.69 Å². The molecule has 0 unspecified atom stereocenters. The molecule has 5 heteroatoms. The Kier molecular flexibility index (Phi) is 4.29. The van der Waals surface area contributed by atoms with Gasteiger partial charge in [-0.15, -0.1) is 0 Å². The van der Waals surface area contributed by atoms with Crippen molar-refractivity contribution in [2.75, 3.05) is 0 Å². The lowest BCUT2D eigenvalue weighted by Gasteiger charge is -2.05. The highest BCUT2D eigenvalue weighted by atomic mass is 79.9. The van der Waals surface area contributed by atoms with E-state index in [1.165, 1.54) is 12.1 Å². The van der Waals surface area contributed by atoms with E-state index in [4.69, 9.17) is 0 Å². The van der Waals surface area contributed by atoms with Gasteiger partial charge in [-0.2, -0.15) is 0 Å². The van der Waals surface area contributed by atoms with E-state index >= 15 is 0 Å². The van der Waals surface area contributed by atoms with Crippen LogP contribution in [0.15, 0.2) is 46.9 Å². The number of ketones is 1. The first-order valence-electron chi connectivity index (χ1n) is 6.00. The molecule has 2 aromatic rings. The molecule has 0 aliphatic carbocycles. The first kappa shape index (κ1) is 14.4. The molecule has 20 heavy (non-hydrogen) atoms. The summed E-state index contributed by atoms with van der Waals surface area (Å²) in [5, 5.41) is 10.8. The average Bonchev–Trinajstić information content (AvgIpc) is 2.38. The van der Waals surface area contributed by atoms with E-state index in [2.05, 4.69) is 15.9 Å². The molecule has 0 atom stereocenters. The Morgan fingerprint density at radius 1 is 1.25 bits per heavy atom. The molecule has 0 amide bonds. The summed E-state index contributed by atoms with van der Waals surface area (Å²) in [5.74, 6) is -0.121. The van der Waals surface area contributed by atoms with Gasteiger partial charge in [-0.3, -0.25) is 14.9 Å². The third-order valence-corrected chi connectivity index (χ3v) is 3.48. The van der Waals surface area contributed by atoms with Gasteiger partial charge in [-0.05, 0) is 30.2 Å². The Bertz CT molecular complexity index is 683. The van der Waals surface area contributed by atoms with Crippen molar-refractivity contribution in [1.82, 2.24) is 0 Å². The molecule has 2 aromatic carbocycles. The van der Waals surface area contributed by atoms with Crippen molar-refractivity contribution in [3.8, 4) is 0 Å². The molecule has 0 radical (unpaired) electrons. The molecule has 0 N–H and O–H groups in total. The number of carbonyl (C=O) groups is 1. The minimum absolute atomic E-state index is 0.0619. The van der Waals surface area contributed by atoms with Gasteiger partial charge < -0.3 is 0 Å². The number of nitrogens with zero attached hydrogens (tertiary/aromatic N) is 1. The largest absolute Gasteiger partial charge is 0.294 e. The number of rotatable bonds is 4. The predicted octanol–water partition coefficient (Wildman–Crippen LogP) is 4.09. The number of hydrogen-bond donors (Lipinski definition) is 0. The lowest BCUT2D eigenvalue weighted by atomic mass is 9.99. The average molecular weight is 334 g/mol. The molecule has 0 saturated carbocycles. The summed E-state index contributed by atoms with van der Waals surface area (Å²) in [6, 6.07) is 11.8. The fourth-order valence-corrected chi connectivity index (χ4v) is 2.40. The summed E-state index contributed by atoms with van der Waals surface area (Å²) in [5.41, 5.74) is 1.96. The molecule has 0 aromatic heterocycles. The maximum atomic E-state index is 12.3. The van der Waals surface area contributed by atoms with E-state index in [1.807, 2.05) is 24.3 Å². The molecular formula is C15H12BrNO3. The van der Waals surface area contributed by atoms with Gasteiger partial charge in [0, 0.05) is 28.6 Å². The summed E-state index contributed by atoms with van der Waals surface area (Å²) >= 11 is 3.35. The number of nitro benzene ring substituents is 1. The van der Waals surface area contributed by atoms with Gasteiger partial charge in [0.25, 0.3) is 5.69 Å². The van der Waals surface area contributed by atoms with E-state index < -0.39 is 4.92 Å². The summed E-state index contributed by atoms with van der Waals surface area (Å²) in [6.07, 6.45) is 0.224. The molecule has 4 nitrogen and oxygen atoms in total. The topological polar surface area (TPSA) is 60.2 Å². The number of halogens is 1. The number of aryl methyl sites for hydroxylation is 1. The SMILES string of the molecule is Cc1ccc([N+](=O)[O-])cc1C(=O)Cc1cccc(Br)c1. The summed E-state index contributed by atoms with van der Waals surface area (Å²) in [6.45, 7) is 1.78. The van der Waals surface area contributed by atoms with Gasteiger partial charge in [0.05, 0.1) is 4.92 Å². The van der Waals surface area contributed by atoms with Crippen LogP contribution >= 0.6 is 15.9 Å². The van der Waals surface area contributed by atoms with Crippen molar-refractivity contribution in [3.05, 3.63) is 73.7 Å². The van der Waals surface area contributed by atoms with Crippen molar-refractivity contribution in [2.45, 2.75) is 13.3 Å². The van der Waals surface area contributed by atoms with Crippen molar-refractivity contribution in [3.63, 3.8) is 0 Å². The van der Waals surface area contributed by atoms with Crippen LogP contribution in [0.2, 0.25) is 0 Å². The standard InChI is InChI=1S/C15H12BrNO3/c1-10-5-6-13(17(19)20)9-14(10)15(18)8-11-3-2-4-12(16)7-11/h2-7,9H,8H2,1H3. The normalized spacial score (nSPS) is 10.3. The smallest absolute Gasteiger partial charge is 0.270 e. The number of non-ortho nitro benzene ring substituents is 1. The third-order valence-electron chi connectivity index (χ3n) is 2.99. The van der Waals surface area contributed by atoms with Gasteiger partial charge in [0.1, 0.15) is 0 Å². The van der Waals surface area contributed by atoms with Crippen molar-refractivity contribution in [1.29, 1.82) is 0 Å². The summed E-state index contributed by atoms with van der Waals surface area (Å²) < 4.78 is 0.901. The van der Waals surface area contributed by atoms with Crippen molar-refractivity contribution in [2.24, 2.45) is 0 Å². The van der Waals surface area contributed by atoms with Crippen LogP contribution in [0.1, 0.15) is 21.5 Å². The van der Waals surface area contributed by atoms with E-state index in [-0.39, 0.29) is 17.9 Å². The Morgan fingerprint density at radius 3 is 2.65 bits per heavy atom. The monoisotopic (exact) mass is 333 g/mol. The van der Waals surface area contributed by atoms with E-state index in [9.17, 15) is 14.9 Å². The predicted molar refractivity (Wildman–Crippen MR) is 80.0 cm³/mol. The Hall–Kier alpha value is -2.01. The van der Waals surface area contributed by atoms with Gasteiger partial charge >= 0.3 is 0 Å². The zero-order valence-electron chi connectivity index (χ0n) is 10.8. The van der Waals surface area contributed by atoms with Gasteiger partial charge in [-0.1, -0.05) is 34.1 Å². The molecule has 0 aliphatic heterocycles. The fourth-order valence-electron chi connectivity index (χ4n) is 1.95. The molecule has 0 bridgehead atoms. The highest BCUT2D eigenvalue weighted by molar-refractivity contribution is 9.10. The molecule has 0 fully saturated rings. The van der Waals surface area contributed by atoms with E-state index in [0.29, 0.717) is 5.56 Å². The lowest BCUT2D eigenvalue weighted by molar-refractivity contribution is -0.384. The first-order valence-corrected chi connectivity index (χ1v) is 6.79. The van der Waals surface area contributed by atoms with Crippen LogP contribution < -0.4 is 0 Å².